The Labute approximate surface area is 161 Å². The maximum Gasteiger partial charge on any atom is 0.228 e. The van der Waals surface area contributed by atoms with Gasteiger partial charge in [-0.3, -0.25) is 9.69 Å². The number of carbonyl (C=O) groups is 1. The predicted octanol–water partition coefficient (Wildman–Crippen LogP) is 4.57. The van der Waals surface area contributed by atoms with E-state index in [-0.39, 0.29) is 11.8 Å². The fourth-order valence-electron chi connectivity index (χ4n) is 4.10. The Morgan fingerprint density at radius 2 is 1.85 bits per heavy atom. The molecular weight excluding hydrogens is 336 g/mol. The van der Waals surface area contributed by atoms with Crippen LogP contribution in [0.3, 0.4) is 0 Å². The lowest BCUT2D eigenvalue weighted by Gasteiger charge is -2.42. The lowest BCUT2D eigenvalue weighted by Crippen LogP contribution is -2.48. The van der Waals surface area contributed by atoms with E-state index in [0.717, 1.165) is 54.5 Å². The maximum absolute atomic E-state index is 12.7. The van der Waals surface area contributed by atoms with E-state index in [0.29, 0.717) is 0 Å². The second-order valence-corrected chi connectivity index (χ2v) is 7.72. The van der Waals surface area contributed by atoms with Crippen molar-refractivity contribution in [2.75, 3.05) is 25.5 Å². The first-order valence-electron chi connectivity index (χ1n) is 10.0. The van der Waals surface area contributed by atoms with Gasteiger partial charge in [-0.1, -0.05) is 30.7 Å². The molecule has 2 fully saturated rings. The number of nitrogens with zero attached hydrogens (tertiary/aromatic N) is 1. The third-order valence-corrected chi connectivity index (χ3v) is 5.97. The van der Waals surface area contributed by atoms with Crippen LogP contribution in [0.5, 0.6) is 5.75 Å². The summed E-state index contributed by atoms with van der Waals surface area (Å²) < 4.78 is 5.30. The Hall–Kier alpha value is -2.33. The highest BCUT2D eigenvalue weighted by Crippen LogP contribution is 2.30. The molecule has 27 heavy (non-hydrogen) atoms. The predicted molar refractivity (Wildman–Crippen MR) is 109 cm³/mol. The van der Waals surface area contributed by atoms with Crippen molar-refractivity contribution < 1.29 is 9.53 Å². The maximum atomic E-state index is 12.7. The van der Waals surface area contributed by atoms with Crippen LogP contribution < -0.4 is 10.1 Å². The topological polar surface area (TPSA) is 41.6 Å². The van der Waals surface area contributed by atoms with Gasteiger partial charge in [-0.05, 0) is 67.6 Å². The zero-order valence-electron chi connectivity index (χ0n) is 16.0. The number of carbonyl (C=O) groups excluding carboxylic acids is 1. The summed E-state index contributed by atoms with van der Waals surface area (Å²) in [5.41, 5.74) is 3.09. The van der Waals surface area contributed by atoms with Gasteiger partial charge in [0.1, 0.15) is 5.75 Å². The molecule has 0 spiro atoms. The number of anilines is 1. The number of ether oxygens (including phenoxy) is 1. The third-order valence-electron chi connectivity index (χ3n) is 5.97. The van der Waals surface area contributed by atoms with Crippen LogP contribution in [0.1, 0.15) is 32.1 Å². The number of hydrogen-bond acceptors (Lipinski definition) is 3. The van der Waals surface area contributed by atoms with Crippen molar-refractivity contribution in [2.45, 2.75) is 38.1 Å². The minimum Gasteiger partial charge on any atom is -0.497 e. The molecule has 4 nitrogen and oxygen atoms in total. The van der Waals surface area contributed by atoms with Crippen molar-refractivity contribution in [2.24, 2.45) is 5.92 Å². The minimum absolute atomic E-state index is 0.109. The smallest absolute Gasteiger partial charge is 0.228 e. The lowest BCUT2D eigenvalue weighted by atomic mass is 9.87. The number of hydrogen-bond donors (Lipinski definition) is 1. The molecule has 2 aromatic rings. The number of methoxy groups -OCH3 is 1. The summed E-state index contributed by atoms with van der Waals surface area (Å²) in [4.78, 5) is 15.3. The highest BCUT2D eigenvalue weighted by Gasteiger charge is 2.32. The molecule has 1 N–H and O–H groups in total. The lowest BCUT2D eigenvalue weighted by molar-refractivity contribution is -0.122. The normalized spacial score (nSPS) is 20.7. The molecule has 0 radical (unpaired) electrons. The fraction of sp³-hybridized carbons (Fsp3) is 0.435. The monoisotopic (exact) mass is 364 g/mol. The second-order valence-electron chi connectivity index (χ2n) is 7.72. The molecule has 142 valence electrons. The highest BCUT2D eigenvalue weighted by molar-refractivity contribution is 5.93. The zero-order valence-corrected chi connectivity index (χ0v) is 16.0. The molecule has 0 bridgehead atoms. The van der Waals surface area contributed by atoms with E-state index in [1.165, 1.54) is 19.3 Å². The first kappa shape index (κ1) is 18.1. The molecule has 0 unspecified atom stereocenters. The van der Waals surface area contributed by atoms with Crippen LogP contribution in [0.15, 0.2) is 48.5 Å². The van der Waals surface area contributed by atoms with Gasteiger partial charge in [-0.15, -0.1) is 0 Å². The summed E-state index contributed by atoms with van der Waals surface area (Å²) in [7, 11) is 1.68. The van der Waals surface area contributed by atoms with E-state index in [2.05, 4.69) is 16.3 Å². The molecule has 2 aromatic carbocycles. The molecule has 1 heterocycles. The fourth-order valence-corrected chi connectivity index (χ4v) is 4.10. The highest BCUT2D eigenvalue weighted by atomic mass is 16.5. The Balaban J connectivity index is 1.38. The number of rotatable bonds is 5. The summed E-state index contributed by atoms with van der Waals surface area (Å²) in [5, 5.41) is 3.12. The van der Waals surface area contributed by atoms with Gasteiger partial charge in [0.2, 0.25) is 5.91 Å². The number of nitrogens with one attached hydrogen (secondary N) is 1. The summed E-state index contributed by atoms with van der Waals surface area (Å²) in [6.07, 6.45) is 6.08. The first-order valence-corrected chi connectivity index (χ1v) is 10.0. The second kappa shape index (κ2) is 8.13. The molecule has 4 heteroatoms. The quantitative estimate of drug-likeness (QED) is 0.845. The summed E-state index contributed by atoms with van der Waals surface area (Å²) in [5.74, 6) is 1.11. The van der Waals surface area contributed by atoms with Gasteiger partial charge < -0.3 is 10.1 Å². The molecule has 1 saturated carbocycles. The number of piperidine rings is 1. The van der Waals surface area contributed by atoms with Crippen LogP contribution in [-0.2, 0) is 4.79 Å². The number of likely N-dealkylation sites (tertiary alicyclic amines) is 1. The summed E-state index contributed by atoms with van der Waals surface area (Å²) >= 11 is 0. The van der Waals surface area contributed by atoms with Crippen molar-refractivity contribution in [1.29, 1.82) is 0 Å². The molecule has 0 aromatic heterocycles. The average Bonchev–Trinajstić information content (AvgIpc) is 2.67. The van der Waals surface area contributed by atoms with E-state index < -0.39 is 0 Å². The Morgan fingerprint density at radius 3 is 2.56 bits per heavy atom. The van der Waals surface area contributed by atoms with Crippen LogP contribution in [0.4, 0.5) is 5.69 Å². The van der Waals surface area contributed by atoms with Gasteiger partial charge in [0.25, 0.3) is 0 Å². The zero-order chi connectivity index (χ0) is 18.6. The van der Waals surface area contributed by atoms with Gasteiger partial charge in [0, 0.05) is 18.3 Å². The molecule has 1 saturated heterocycles. The molecule has 1 aliphatic carbocycles. The van der Waals surface area contributed by atoms with Crippen molar-refractivity contribution in [3.8, 4) is 16.9 Å². The molecule has 4 rings (SSSR count). The molecule has 1 amide bonds. The Kier molecular flexibility index (Phi) is 5.44. The molecular formula is C23H28N2O2. The van der Waals surface area contributed by atoms with E-state index in [4.69, 9.17) is 4.74 Å². The summed E-state index contributed by atoms with van der Waals surface area (Å²) in [6.45, 7) is 2.07. The largest absolute Gasteiger partial charge is 0.497 e. The number of benzene rings is 2. The van der Waals surface area contributed by atoms with Crippen molar-refractivity contribution in [3.63, 3.8) is 0 Å². The van der Waals surface area contributed by atoms with Gasteiger partial charge in [-0.2, -0.15) is 0 Å². The van der Waals surface area contributed by atoms with Gasteiger partial charge in [0.05, 0.1) is 13.0 Å². The molecule has 2 aliphatic rings. The van der Waals surface area contributed by atoms with Gasteiger partial charge in [0.15, 0.2) is 0 Å². The average molecular weight is 364 g/mol. The minimum atomic E-state index is 0.109. The Morgan fingerprint density at radius 1 is 1.04 bits per heavy atom. The van der Waals surface area contributed by atoms with Crippen LogP contribution in [0.2, 0.25) is 0 Å². The van der Waals surface area contributed by atoms with Crippen LogP contribution in [-0.4, -0.2) is 37.0 Å². The van der Waals surface area contributed by atoms with E-state index in [1.54, 1.807) is 7.11 Å². The van der Waals surface area contributed by atoms with Gasteiger partial charge >= 0.3 is 0 Å². The summed E-state index contributed by atoms with van der Waals surface area (Å²) in [6, 6.07) is 16.8. The van der Waals surface area contributed by atoms with E-state index >= 15 is 0 Å². The first-order chi connectivity index (χ1) is 13.2. The van der Waals surface area contributed by atoms with Gasteiger partial charge in [-0.25, -0.2) is 0 Å². The molecule has 1 aliphatic heterocycles. The van der Waals surface area contributed by atoms with Crippen molar-refractivity contribution in [1.82, 2.24) is 4.90 Å². The van der Waals surface area contributed by atoms with Crippen molar-refractivity contribution in [3.05, 3.63) is 48.5 Å². The van der Waals surface area contributed by atoms with Crippen LogP contribution >= 0.6 is 0 Å². The SMILES string of the molecule is COc1cccc(-c2ccc(NC(=O)[C@H]3CCCN(C4CCC4)C3)cc2)c1. The van der Waals surface area contributed by atoms with Crippen LogP contribution in [0.25, 0.3) is 11.1 Å². The van der Waals surface area contributed by atoms with Crippen molar-refractivity contribution >= 4 is 11.6 Å². The third kappa shape index (κ3) is 4.16. The standard InChI is InChI=1S/C23H28N2O2/c1-27-22-9-2-5-18(15-22)17-10-12-20(13-11-17)24-23(26)19-6-4-14-25(16-19)21-7-3-8-21/h2,5,9-13,15,19,21H,3-4,6-8,14,16H2,1H3,(H,24,26)/t19-/m0/s1. The van der Waals surface area contributed by atoms with Crippen LogP contribution in [0, 0.1) is 5.92 Å². The number of amides is 1. The van der Waals surface area contributed by atoms with E-state index in [1.807, 2.05) is 42.5 Å². The Bertz CT molecular complexity index is 783. The van der Waals surface area contributed by atoms with E-state index in [9.17, 15) is 4.79 Å². The molecule has 1 atom stereocenters.